The molecule has 1 amide bonds. The fourth-order valence-electron chi connectivity index (χ4n) is 2.60. The lowest BCUT2D eigenvalue weighted by atomic mass is 9.97. The highest BCUT2D eigenvalue weighted by Crippen LogP contribution is 2.20. The number of amides is 1. The summed E-state index contributed by atoms with van der Waals surface area (Å²) in [4.78, 5) is 14.6. The minimum atomic E-state index is 0.0661. The van der Waals surface area contributed by atoms with Crippen LogP contribution in [-0.2, 0) is 0 Å². The lowest BCUT2D eigenvalue weighted by Crippen LogP contribution is -2.38. The molecule has 1 aliphatic rings. The minimum absolute atomic E-state index is 0.0661. The van der Waals surface area contributed by atoms with Crippen molar-refractivity contribution in [1.82, 2.24) is 4.90 Å². The van der Waals surface area contributed by atoms with Gasteiger partial charge in [-0.25, -0.2) is 0 Å². The lowest BCUT2D eigenvalue weighted by Gasteiger charge is -2.30. The van der Waals surface area contributed by atoms with Gasteiger partial charge in [-0.3, -0.25) is 4.79 Å². The third-order valence-corrected chi connectivity index (χ3v) is 4.09. The SMILES string of the molecule is Cc1c(C#CCCO)cccc1C(=O)N1CCC(C)CC1. The average molecular weight is 285 g/mol. The Morgan fingerprint density at radius 2 is 2.10 bits per heavy atom. The summed E-state index contributed by atoms with van der Waals surface area (Å²) in [6.45, 7) is 5.95. The van der Waals surface area contributed by atoms with Gasteiger partial charge < -0.3 is 10.0 Å². The molecule has 21 heavy (non-hydrogen) atoms. The summed E-state index contributed by atoms with van der Waals surface area (Å²) >= 11 is 0. The Morgan fingerprint density at radius 3 is 2.76 bits per heavy atom. The van der Waals surface area contributed by atoms with Crippen molar-refractivity contribution in [1.29, 1.82) is 0 Å². The van der Waals surface area contributed by atoms with Crippen LogP contribution in [0.25, 0.3) is 0 Å². The largest absolute Gasteiger partial charge is 0.395 e. The van der Waals surface area contributed by atoms with Gasteiger partial charge in [0, 0.05) is 30.6 Å². The molecule has 0 unspecified atom stereocenters. The molecule has 0 bridgehead atoms. The molecular weight excluding hydrogens is 262 g/mol. The van der Waals surface area contributed by atoms with Crippen LogP contribution in [0.1, 0.15) is 47.7 Å². The molecule has 1 fully saturated rings. The third kappa shape index (κ3) is 3.86. The number of benzene rings is 1. The van der Waals surface area contributed by atoms with E-state index in [1.54, 1.807) is 0 Å². The number of piperidine rings is 1. The molecule has 0 spiro atoms. The topological polar surface area (TPSA) is 40.5 Å². The normalized spacial score (nSPS) is 15.5. The number of aliphatic hydroxyl groups excluding tert-OH is 1. The van der Waals surface area contributed by atoms with Crippen LogP contribution >= 0.6 is 0 Å². The molecule has 0 radical (unpaired) electrons. The first kappa shape index (κ1) is 15.6. The highest BCUT2D eigenvalue weighted by Gasteiger charge is 2.22. The first-order valence-corrected chi connectivity index (χ1v) is 7.62. The van der Waals surface area contributed by atoms with Crippen LogP contribution in [0, 0.1) is 24.7 Å². The van der Waals surface area contributed by atoms with E-state index in [0.29, 0.717) is 12.3 Å². The van der Waals surface area contributed by atoms with Gasteiger partial charge in [0.1, 0.15) is 0 Å². The maximum Gasteiger partial charge on any atom is 0.254 e. The van der Waals surface area contributed by atoms with Crippen molar-refractivity contribution in [2.45, 2.75) is 33.1 Å². The second-order valence-corrected chi connectivity index (χ2v) is 5.73. The van der Waals surface area contributed by atoms with Crippen LogP contribution in [-0.4, -0.2) is 35.6 Å². The van der Waals surface area contributed by atoms with E-state index in [9.17, 15) is 4.79 Å². The summed E-state index contributed by atoms with van der Waals surface area (Å²) in [7, 11) is 0. The van der Waals surface area contributed by atoms with Gasteiger partial charge in [-0.15, -0.1) is 0 Å². The van der Waals surface area contributed by atoms with Crippen LogP contribution in [0.3, 0.4) is 0 Å². The molecule has 2 rings (SSSR count). The molecule has 1 saturated heterocycles. The maximum absolute atomic E-state index is 12.6. The smallest absolute Gasteiger partial charge is 0.254 e. The average Bonchev–Trinajstić information content (AvgIpc) is 2.49. The van der Waals surface area contributed by atoms with Gasteiger partial charge in [0.2, 0.25) is 0 Å². The molecular formula is C18H23NO2. The van der Waals surface area contributed by atoms with Crippen molar-refractivity contribution < 1.29 is 9.90 Å². The Hall–Kier alpha value is -1.79. The molecule has 1 N–H and O–H groups in total. The quantitative estimate of drug-likeness (QED) is 0.849. The number of hydrogen-bond acceptors (Lipinski definition) is 2. The van der Waals surface area contributed by atoms with E-state index in [4.69, 9.17) is 5.11 Å². The summed E-state index contributed by atoms with van der Waals surface area (Å²) in [6, 6.07) is 5.69. The number of carbonyl (C=O) groups excluding carboxylic acids is 1. The van der Waals surface area contributed by atoms with Crippen LogP contribution < -0.4 is 0 Å². The van der Waals surface area contributed by atoms with Gasteiger partial charge in [-0.2, -0.15) is 0 Å². The molecule has 1 heterocycles. The van der Waals surface area contributed by atoms with Crippen molar-refractivity contribution in [2.24, 2.45) is 5.92 Å². The molecule has 112 valence electrons. The molecule has 3 heteroatoms. The molecule has 1 aliphatic heterocycles. The minimum Gasteiger partial charge on any atom is -0.395 e. The van der Waals surface area contributed by atoms with Gasteiger partial charge >= 0.3 is 0 Å². The van der Waals surface area contributed by atoms with E-state index < -0.39 is 0 Å². The van der Waals surface area contributed by atoms with Crippen molar-refractivity contribution in [3.05, 3.63) is 34.9 Å². The number of nitrogens with zero attached hydrogens (tertiary/aromatic N) is 1. The number of hydrogen-bond donors (Lipinski definition) is 1. The fraction of sp³-hybridized carbons (Fsp3) is 0.500. The monoisotopic (exact) mass is 285 g/mol. The van der Waals surface area contributed by atoms with Gasteiger partial charge in [-0.05, 0) is 43.4 Å². The highest BCUT2D eigenvalue weighted by atomic mass is 16.2. The zero-order valence-corrected chi connectivity index (χ0v) is 12.9. The maximum atomic E-state index is 12.6. The Morgan fingerprint density at radius 1 is 1.38 bits per heavy atom. The summed E-state index contributed by atoms with van der Waals surface area (Å²) in [6.07, 6.45) is 2.63. The molecule has 0 aliphatic carbocycles. The number of likely N-dealkylation sites (tertiary alicyclic amines) is 1. The lowest BCUT2D eigenvalue weighted by molar-refractivity contribution is 0.0696. The van der Waals surface area contributed by atoms with E-state index >= 15 is 0 Å². The predicted octanol–water partition coefficient (Wildman–Crippen LogP) is 2.60. The highest BCUT2D eigenvalue weighted by molar-refractivity contribution is 5.96. The van der Waals surface area contributed by atoms with Crippen LogP contribution in [0.5, 0.6) is 0 Å². The summed E-state index contributed by atoms with van der Waals surface area (Å²) in [5, 5.41) is 8.78. The second kappa shape index (κ2) is 7.28. The van der Waals surface area contributed by atoms with E-state index in [1.807, 2.05) is 30.0 Å². The van der Waals surface area contributed by atoms with E-state index in [-0.39, 0.29) is 12.5 Å². The Bertz CT molecular complexity index is 560. The van der Waals surface area contributed by atoms with Gasteiger partial charge in [0.15, 0.2) is 0 Å². The van der Waals surface area contributed by atoms with Crippen molar-refractivity contribution in [2.75, 3.05) is 19.7 Å². The number of carbonyl (C=O) groups is 1. The first-order chi connectivity index (χ1) is 10.1. The Balaban J connectivity index is 2.18. The van der Waals surface area contributed by atoms with Crippen molar-refractivity contribution >= 4 is 5.91 Å². The second-order valence-electron chi connectivity index (χ2n) is 5.73. The Kier molecular flexibility index (Phi) is 5.41. The summed E-state index contributed by atoms with van der Waals surface area (Å²) in [5.74, 6) is 6.79. The predicted molar refractivity (Wildman–Crippen MR) is 84.1 cm³/mol. The molecule has 1 aromatic carbocycles. The van der Waals surface area contributed by atoms with Crippen LogP contribution in [0.2, 0.25) is 0 Å². The molecule has 1 aromatic rings. The fourth-order valence-corrected chi connectivity index (χ4v) is 2.60. The zero-order valence-electron chi connectivity index (χ0n) is 12.9. The third-order valence-electron chi connectivity index (χ3n) is 4.09. The van der Waals surface area contributed by atoms with Gasteiger partial charge in [0.05, 0.1) is 6.61 Å². The van der Waals surface area contributed by atoms with E-state index in [0.717, 1.165) is 42.6 Å². The number of rotatable bonds is 2. The van der Waals surface area contributed by atoms with E-state index in [2.05, 4.69) is 18.8 Å². The van der Waals surface area contributed by atoms with Gasteiger partial charge in [-0.1, -0.05) is 24.8 Å². The van der Waals surface area contributed by atoms with Gasteiger partial charge in [0.25, 0.3) is 5.91 Å². The van der Waals surface area contributed by atoms with Crippen molar-refractivity contribution in [3.63, 3.8) is 0 Å². The Labute approximate surface area is 127 Å². The molecule has 0 atom stereocenters. The van der Waals surface area contributed by atoms with Crippen molar-refractivity contribution in [3.8, 4) is 11.8 Å². The molecule has 0 aromatic heterocycles. The summed E-state index contributed by atoms with van der Waals surface area (Å²) < 4.78 is 0. The number of aliphatic hydroxyl groups is 1. The van der Waals surface area contributed by atoms with E-state index in [1.165, 1.54) is 0 Å². The molecule has 0 saturated carbocycles. The first-order valence-electron chi connectivity index (χ1n) is 7.62. The standard InChI is InChI=1S/C18H23NO2/c1-14-9-11-19(12-10-14)18(21)17-8-5-7-16(15(17)2)6-3-4-13-20/h5,7-8,14,20H,4,9-13H2,1-2H3. The zero-order chi connectivity index (χ0) is 15.2. The molecule has 3 nitrogen and oxygen atoms in total. The summed E-state index contributed by atoms with van der Waals surface area (Å²) in [5.41, 5.74) is 2.56. The van der Waals surface area contributed by atoms with Crippen LogP contribution in [0.15, 0.2) is 18.2 Å². The van der Waals surface area contributed by atoms with Crippen LogP contribution in [0.4, 0.5) is 0 Å².